The van der Waals surface area contributed by atoms with Gasteiger partial charge in [0.25, 0.3) is 0 Å². The summed E-state index contributed by atoms with van der Waals surface area (Å²) in [5.74, 6) is 1.13. The van der Waals surface area contributed by atoms with Gasteiger partial charge in [-0.2, -0.15) is 0 Å². The molecule has 2 rings (SSSR count). The summed E-state index contributed by atoms with van der Waals surface area (Å²) in [6, 6.07) is 14.9. The van der Waals surface area contributed by atoms with Gasteiger partial charge in [-0.3, -0.25) is 9.59 Å². The zero-order valence-electron chi connectivity index (χ0n) is 18.3. The maximum Gasteiger partial charge on any atom is 0.242 e. The smallest absolute Gasteiger partial charge is 0.242 e. The Morgan fingerprint density at radius 3 is 2.27 bits per heavy atom. The molecular formula is C24H32N2O4. The number of likely N-dealkylation sites (N-methyl/N-ethyl adjacent to an activating group) is 1. The average molecular weight is 413 g/mol. The number of rotatable bonds is 11. The van der Waals surface area contributed by atoms with E-state index in [-0.39, 0.29) is 11.8 Å². The van der Waals surface area contributed by atoms with Gasteiger partial charge in [0.1, 0.15) is 6.04 Å². The van der Waals surface area contributed by atoms with Crippen molar-refractivity contribution in [2.75, 3.05) is 20.8 Å². The minimum Gasteiger partial charge on any atom is -0.493 e. The molecule has 0 aliphatic heterocycles. The molecule has 0 aromatic heterocycles. The normalized spacial score (nSPS) is 11.5. The van der Waals surface area contributed by atoms with Crippen molar-refractivity contribution in [2.45, 2.75) is 45.7 Å². The van der Waals surface area contributed by atoms with E-state index in [0.29, 0.717) is 43.9 Å². The quantitative estimate of drug-likeness (QED) is 0.613. The molecule has 0 saturated heterocycles. The van der Waals surface area contributed by atoms with E-state index in [9.17, 15) is 9.59 Å². The molecule has 0 aliphatic carbocycles. The van der Waals surface area contributed by atoms with Gasteiger partial charge in [0, 0.05) is 19.5 Å². The highest BCUT2D eigenvalue weighted by molar-refractivity contribution is 5.87. The molecule has 0 heterocycles. The summed E-state index contributed by atoms with van der Waals surface area (Å²) in [7, 11) is 3.18. The molecule has 0 saturated carbocycles. The molecule has 2 aromatic carbocycles. The lowest BCUT2D eigenvalue weighted by Gasteiger charge is -2.30. The van der Waals surface area contributed by atoms with Crippen LogP contribution >= 0.6 is 0 Å². The summed E-state index contributed by atoms with van der Waals surface area (Å²) in [6.07, 6.45) is 1.41. The van der Waals surface area contributed by atoms with Crippen LogP contribution in [0.4, 0.5) is 0 Å². The number of benzene rings is 2. The summed E-state index contributed by atoms with van der Waals surface area (Å²) in [5.41, 5.74) is 1.98. The number of aryl methyl sites for hydroxylation is 1. The zero-order valence-corrected chi connectivity index (χ0v) is 18.3. The molecular weight excluding hydrogens is 380 g/mol. The average Bonchev–Trinajstić information content (AvgIpc) is 2.77. The van der Waals surface area contributed by atoms with E-state index in [1.54, 1.807) is 19.1 Å². The summed E-state index contributed by atoms with van der Waals surface area (Å²) in [5, 5.41) is 2.86. The van der Waals surface area contributed by atoms with Crippen LogP contribution in [0.5, 0.6) is 11.5 Å². The molecule has 0 spiro atoms. The van der Waals surface area contributed by atoms with Gasteiger partial charge in [0.05, 0.1) is 14.2 Å². The molecule has 1 atom stereocenters. The largest absolute Gasteiger partial charge is 0.493 e. The molecule has 30 heavy (non-hydrogen) atoms. The number of hydrogen-bond donors (Lipinski definition) is 1. The fourth-order valence-electron chi connectivity index (χ4n) is 3.42. The van der Waals surface area contributed by atoms with E-state index in [2.05, 4.69) is 5.32 Å². The molecule has 0 bridgehead atoms. The van der Waals surface area contributed by atoms with Crippen molar-refractivity contribution < 1.29 is 19.1 Å². The first-order valence-corrected chi connectivity index (χ1v) is 10.4. The number of hydrogen-bond acceptors (Lipinski definition) is 4. The van der Waals surface area contributed by atoms with Crippen LogP contribution in [0.2, 0.25) is 0 Å². The first-order valence-electron chi connectivity index (χ1n) is 10.4. The number of ether oxygens (including phenoxy) is 2. The van der Waals surface area contributed by atoms with E-state index in [4.69, 9.17) is 9.47 Å². The Kier molecular flexibility index (Phi) is 9.19. The Hall–Kier alpha value is -3.02. The van der Waals surface area contributed by atoms with Crippen LogP contribution in [0.3, 0.4) is 0 Å². The fraction of sp³-hybridized carbons (Fsp3) is 0.417. The van der Waals surface area contributed by atoms with E-state index < -0.39 is 6.04 Å². The molecule has 0 fully saturated rings. The fourth-order valence-corrected chi connectivity index (χ4v) is 3.42. The lowest BCUT2D eigenvalue weighted by atomic mass is 10.1. The van der Waals surface area contributed by atoms with Gasteiger partial charge in [-0.15, -0.1) is 0 Å². The number of methoxy groups -OCH3 is 2. The minimum atomic E-state index is -0.497. The van der Waals surface area contributed by atoms with Gasteiger partial charge in [0.2, 0.25) is 11.8 Å². The van der Waals surface area contributed by atoms with Crippen molar-refractivity contribution >= 4 is 11.8 Å². The maximum atomic E-state index is 13.2. The number of carbonyl (C=O) groups is 2. The van der Waals surface area contributed by atoms with Crippen LogP contribution < -0.4 is 14.8 Å². The summed E-state index contributed by atoms with van der Waals surface area (Å²) in [6.45, 7) is 4.75. The van der Waals surface area contributed by atoms with Crippen molar-refractivity contribution in [2.24, 2.45) is 0 Å². The molecule has 6 heteroatoms. The Bertz CT molecular complexity index is 823. The molecule has 6 nitrogen and oxygen atoms in total. The van der Waals surface area contributed by atoms with Crippen LogP contribution in [0.15, 0.2) is 48.5 Å². The van der Waals surface area contributed by atoms with Crippen LogP contribution in [-0.2, 0) is 22.6 Å². The number of amides is 2. The van der Waals surface area contributed by atoms with Crippen molar-refractivity contribution in [3.05, 3.63) is 59.7 Å². The van der Waals surface area contributed by atoms with Crippen molar-refractivity contribution in [1.29, 1.82) is 0 Å². The van der Waals surface area contributed by atoms with Crippen LogP contribution in [0.25, 0.3) is 0 Å². The summed E-state index contributed by atoms with van der Waals surface area (Å²) in [4.78, 5) is 27.5. The highest BCUT2D eigenvalue weighted by Gasteiger charge is 2.28. The lowest BCUT2D eigenvalue weighted by molar-refractivity contribution is -0.141. The highest BCUT2D eigenvalue weighted by Crippen LogP contribution is 2.28. The first-order chi connectivity index (χ1) is 14.5. The van der Waals surface area contributed by atoms with E-state index in [0.717, 1.165) is 11.1 Å². The lowest BCUT2D eigenvalue weighted by Crippen LogP contribution is -2.49. The summed E-state index contributed by atoms with van der Waals surface area (Å²) < 4.78 is 10.6. The van der Waals surface area contributed by atoms with Crippen LogP contribution in [0.1, 0.15) is 37.8 Å². The zero-order chi connectivity index (χ0) is 21.9. The molecule has 0 aliphatic rings. The third-order valence-electron chi connectivity index (χ3n) is 5.01. The van der Waals surface area contributed by atoms with Gasteiger partial charge in [-0.25, -0.2) is 0 Å². The van der Waals surface area contributed by atoms with E-state index >= 15 is 0 Å². The summed E-state index contributed by atoms with van der Waals surface area (Å²) >= 11 is 0. The van der Waals surface area contributed by atoms with Crippen molar-refractivity contribution in [3.8, 4) is 11.5 Å². The molecule has 0 unspecified atom stereocenters. The SMILES string of the molecule is CCNC(=O)[C@@H](CC)N(Cc1ccccc1)C(=O)CCc1ccc(OC)c(OC)c1. The predicted octanol–water partition coefficient (Wildman–Crippen LogP) is 3.58. The second-order valence-corrected chi connectivity index (χ2v) is 7.02. The second kappa shape index (κ2) is 11.9. The van der Waals surface area contributed by atoms with Gasteiger partial charge < -0.3 is 19.7 Å². The van der Waals surface area contributed by atoms with Crippen molar-refractivity contribution in [3.63, 3.8) is 0 Å². The Morgan fingerprint density at radius 1 is 0.967 bits per heavy atom. The van der Waals surface area contributed by atoms with E-state index in [1.807, 2.05) is 62.4 Å². The van der Waals surface area contributed by atoms with Gasteiger partial charge in [-0.05, 0) is 43.0 Å². The highest BCUT2D eigenvalue weighted by atomic mass is 16.5. The molecule has 0 radical (unpaired) electrons. The molecule has 2 amide bonds. The van der Waals surface area contributed by atoms with Crippen LogP contribution in [0, 0.1) is 0 Å². The van der Waals surface area contributed by atoms with Gasteiger partial charge >= 0.3 is 0 Å². The Morgan fingerprint density at radius 2 is 1.67 bits per heavy atom. The predicted molar refractivity (Wildman–Crippen MR) is 118 cm³/mol. The standard InChI is InChI=1S/C24H32N2O4/c1-5-20(24(28)25-6-2)26(17-19-10-8-7-9-11-19)23(27)15-13-18-12-14-21(29-3)22(16-18)30-4/h7-12,14,16,20H,5-6,13,15,17H2,1-4H3,(H,25,28)/t20-/m1/s1. The molecule has 2 aromatic rings. The molecule has 1 N–H and O–H groups in total. The number of nitrogens with one attached hydrogen (secondary N) is 1. The Labute approximate surface area is 179 Å². The van der Waals surface area contributed by atoms with Gasteiger partial charge in [-0.1, -0.05) is 43.3 Å². The number of carbonyl (C=O) groups excluding carboxylic acids is 2. The monoisotopic (exact) mass is 412 g/mol. The van der Waals surface area contributed by atoms with Crippen molar-refractivity contribution in [1.82, 2.24) is 10.2 Å². The minimum absolute atomic E-state index is 0.0493. The maximum absolute atomic E-state index is 13.2. The third kappa shape index (κ3) is 6.24. The molecule has 162 valence electrons. The Balaban J connectivity index is 2.18. The number of nitrogens with zero attached hydrogens (tertiary/aromatic N) is 1. The first kappa shape index (κ1) is 23.3. The van der Waals surface area contributed by atoms with Crippen LogP contribution in [-0.4, -0.2) is 43.5 Å². The second-order valence-electron chi connectivity index (χ2n) is 7.02. The van der Waals surface area contributed by atoms with Gasteiger partial charge in [0.15, 0.2) is 11.5 Å². The third-order valence-corrected chi connectivity index (χ3v) is 5.01. The topological polar surface area (TPSA) is 67.9 Å². The van der Waals surface area contributed by atoms with E-state index in [1.165, 1.54) is 0 Å².